The molecule has 4 nitrogen and oxygen atoms in total. The number of aliphatic imine (C=N–C) groups is 1. The van der Waals surface area contributed by atoms with Crippen LogP contribution in [0.3, 0.4) is 0 Å². The number of ether oxygens (including phenoxy) is 1. The molecular weight excluding hydrogens is 389 g/mol. The quantitative estimate of drug-likeness (QED) is 0.354. The lowest BCUT2D eigenvalue weighted by molar-refractivity contribution is 0.385. The van der Waals surface area contributed by atoms with Crippen LogP contribution in [-0.2, 0) is 0 Å². The van der Waals surface area contributed by atoms with E-state index in [2.05, 4.69) is 23.5 Å². The number of nitrogens with zero attached hydrogens (tertiary/aromatic N) is 3. The smallest absolute Gasteiger partial charge is 0.173 e. The third kappa shape index (κ3) is 5.87. The van der Waals surface area contributed by atoms with Crippen molar-refractivity contribution >= 4 is 5.71 Å². The Morgan fingerprint density at radius 1 is 1.26 bits per heavy atom. The number of hydrogen-bond acceptors (Lipinski definition) is 4. The Kier molecular flexibility index (Phi) is 8.10. The predicted octanol–water partition coefficient (Wildman–Crippen LogP) is 6.65. The Balaban J connectivity index is 1.96. The summed E-state index contributed by atoms with van der Waals surface area (Å²) in [4.78, 5) is 13.8. The molecule has 1 unspecified atom stereocenters. The molecule has 1 atom stereocenters. The van der Waals surface area contributed by atoms with Crippen molar-refractivity contribution < 1.29 is 9.13 Å². The average molecular weight is 422 g/mol. The molecule has 31 heavy (non-hydrogen) atoms. The van der Waals surface area contributed by atoms with Crippen molar-refractivity contribution in [2.45, 2.75) is 58.3 Å². The van der Waals surface area contributed by atoms with Gasteiger partial charge >= 0.3 is 0 Å². The van der Waals surface area contributed by atoms with E-state index in [4.69, 9.17) is 9.73 Å². The van der Waals surface area contributed by atoms with Gasteiger partial charge in [0, 0.05) is 24.0 Å². The van der Waals surface area contributed by atoms with Crippen LogP contribution in [0.5, 0.6) is 5.75 Å². The van der Waals surface area contributed by atoms with Gasteiger partial charge in [0.25, 0.3) is 0 Å². The second-order valence-electron chi connectivity index (χ2n) is 8.22. The van der Waals surface area contributed by atoms with Gasteiger partial charge in [-0.3, -0.25) is 4.99 Å². The zero-order valence-corrected chi connectivity index (χ0v) is 18.8. The number of hydrogen-bond donors (Lipinski definition) is 0. The van der Waals surface area contributed by atoms with Gasteiger partial charge in [0.2, 0.25) is 0 Å². The van der Waals surface area contributed by atoms with Gasteiger partial charge in [0.1, 0.15) is 0 Å². The molecule has 1 aliphatic rings. The molecule has 0 radical (unpaired) electrons. The van der Waals surface area contributed by atoms with Gasteiger partial charge in [0.15, 0.2) is 17.4 Å². The van der Waals surface area contributed by atoms with Crippen molar-refractivity contribution in [2.75, 3.05) is 7.11 Å². The number of halogens is 1. The van der Waals surface area contributed by atoms with Crippen LogP contribution in [-0.4, -0.2) is 22.8 Å². The number of allylic oxidation sites excluding steroid dienone is 3. The third-order valence-electron chi connectivity index (χ3n) is 6.02. The Bertz CT molecular complexity index is 946. The average Bonchev–Trinajstić information content (AvgIpc) is 2.82. The summed E-state index contributed by atoms with van der Waals surface area (Å²) in [5, 5.41) is 0. The fraction of sp³-hybridized carbons (Fsp3) is 0.423. The van der Waals surface area contributed by atoms with Crippen LogP contribution in [0.15, 0.2) is 65.6 Å². The summed E-state index contributed by atoms with van der Waals surface area (Å²) in [6.07, 6.45) is 12.2. The normalized spacial score (nSPS) is 17.1. The van der Waals surface area contributed by atoms with Crippen molar-refractivity contribution in [3.8, 4) is 5.75 Å². The van der Waals surface area contributed by atoms with Gasteiger partial charge in [-0.2, -0.15) is 0 Å². The Morgan fingerprint density at radius 2 is 1.97 bits per heavy atom. The SMILES string of the molecule is C=C/C(CC(C)c1ccc(F)c(OC)c1)=C(\N=C(/C)c1ncccn1)C1CCCCC1. The standard InChI is InChI=1S/C26H32FN3O/c1-5-20(16-18(2)22-12-13-23(27)24(17-22)31-4)25(21-10-7-6-8-11-21)30-19(3)26-28-14-9-15-29-26/h5,9,12-15,17-18,21H,1,6-8,10-11,16H2,2-4H3/b25-20+,30-19+. The van der Waals surface area contributed by atoms with E-state index in [-0.39, 0.29) is 17.5 Å². The molecule has 1 fully saturated rings. The molecule has 164 valence electrons. The second-order valence-corrected chi connectivity index (χ2v) is 8.22. The minimum atomic E-state index is -0.344. The molecule has 1 aliphatic carbocycles. The summed E-state index contributed by atoms with van der Waals surface area (Å²) in [5.74, 6) is 1.16. The zero-order chi connectivity index (χ0) is 22.2. The molecular formula is C26H32FN3O. The van der Waals surface area contributed by atoms with E-state index in [0.29, 0.717) is 11.7 Å². The third-order valence-corrected chi connectivity index (χ3v) is 6.02. The molecule has 1 aromatic heterocycles. The molecule has 1 heterocycles. The first-order chi connectivity index (χ1) is 15.0. The summed E-state index contributed by atoms with van der Waals surface area (Å²) in [6, 6.07) is 6.89. The molecule has 1 saturated carbocycles. The Labute approximate surface area is 185 Å². The number of rotatable bonds is 8. The fourth-order valence-corrected chi connectivity index (χ4v) is 4.24. The van der Waals surface area contributed by atoms with Gasteiger partial charge in [-0.25, -0.2) is 14.4 Å². The fourth-order valence-electron chi connectivity index (χ4n) is 4.24. The van der Waals surface area contributed by atoms with Crippen molar-refractivity contribution in [3.05, 3.63) is 77.8 Å². The van der Waals surface area contributed by atoms with Gasteiger partial charge in [-0.05, 0) is 61.4 Å². The molecule has 0 N–H and O–H groups in total. The monoisotopic (exact) mass is 421 g/mol. The van der Waals surface area contributed by atoms with Gasteiger partial charge in [-0.15, -0.1) is 0 Å². The summed E-state index contributed by atoms with van der Waals surface area (Å²) < 4.78 is 19.0. The minimum absolute atomic E-state index is 0.171. The molecule has 2 aromatic rings. The van der Waals surface area contributed by atoms with Crippen LogP contribution in [0.1, 0.15) is 69.7 Å². The van der Waals surface area contributed by atoms with E-state index in [1.54, 1.807) is 18.5 Å². The first-order valence-electron chi connectivity index (χ1n) is 11.0. The summed E-state index contributed by atoms with van der Waals surface area (Å²) >= 11 is 0. The summed E-state index contributed by atoms with van der Waals surface area (Å²) in [5.41, 5.74) is 4.09. The predicted molar refractivity (Wildman–Crippen MR) is 124 cm³/mol. The number of methoxy groups -OCH3 is 1. The lowest BCUT2D eigenvalue weighted by atomic mass is 9.83. The first-order valence-corrected chi connectivity index (χ1v) is 11.0. The van der Waals surface area contributed by atoms with Crippen LogP contribution in [0.25, 0.3) is 0 Å². The lowest BCUT2D eigenvalue weighted by Gasteiger charge is -2.25. The van der Waals surface area contributed by atoms with Gasteiger partial charge in [0.05, 0.1) is 12.8 Å². The van der Waals surface area contributed by atoms with E-state index < -0.39 is 0 Å². The van der Waals surface area contributed by atoms with E-state index in [0.717, 1.165) is 41.8 Å². The molecule has 5 heteroatoms. The highest BCUT2D eigenvalue weighted by Crippen LogP contribution is 2.36. The molecule has 3 rings (SSSR count). The molecule has 1 aromatic carbocycles. The summed E-state index contributed by atoms with van der Waals surface area (Å²) in [6.45, 7) is 8.22. The molecule has 0 bridgehead atoms. The maximum atomic E-state index is 13.9. The van der Waals surface area contributed by atoms with Gasteiger partial charge < -0.3 is 4.74 Å². The Morgan fingerprint density at radius 3 is 2.61 bits per heavy atom. The zero-order valence-electron chi connectivity index (χ0n) is 18.8. The maximum absolute atomic E-state index is 13.9. The highest BCUT2D eigenvalue weighted by Gasteiger charge is 2.22. The molecule has 0 aliphatic heterocycles. The van der Waals surface area contributed by atoms with Crippen molar-refractivity contribution in [3.63, 3.8) is 0 Å². The van der Waals surface area contributed by atoms with Crippen molar-refractivity contribution in [1.82, 2.24) is 9.97 Å². The second kappa shape index (κ2) is 11.0. The Hall–Kier alpha value is -2.82. The summed E-state index contributed by atoms with van der Waals surface area (Å²) in [7, 11) is 1.49. The van der Waals surface area contributed by atoms with Crippen LogP contribution < -0.4 is 4.74 Å². The van der Waals surface area contributed by atoms with Crippen molar-refractivity contribution in [2.24, 2.45) is 10.9 Å². The molecule has 0 spiro atoms. The van der Waals surface area contributed by atoms with Crippen LogP contribution in [0.2, 0.25) is 0 Å². The number of aromatic nitrogens is 2. The maximum Gasteiger partial charge on any atom is 0.173 e. The molecule has 0 amide bonds. The van der Waals surface area contributed by atoms with Crippen molar-refractivity contribution in [1.29, 1.82) is 0 Å². The largest absolute Gasteiger partial charge is 0.494 e. The van der Waals surface area contributed by atoms with E-state index in [9.17, 15) is 4.39 Å². The minimum Gasteiger partial charge on any atom is -0.494 e. The van der Waals surface area contributed by atoms with E-state index in [1.165, 1.54) is 32.4 Å². The topological polar surface area (TPSA) is 47.4 Å². The van der Waals surface area contributed by atoms with Crippen LogP contribution in [0.4, 0.5) is 4.39 Å². The highest BCUT2D eigenvalue weighted by atomic mass is 19.1. The first kappa shape index (κ1) is 22.9. The van der Waals surface area contributed by atoms with Crippen LogP contribution in [0, 0.1) is 11.7 Å². The number of benzene rings is 1. The van der Waals surface area contributed by atoms with E-state index in [1.807, 2.05) is 25.1 Å². The highest BCUT2D eigenvalue weighted by molar-refractivity contribution is 5.95. The van der Waals surface area contributed by atoms with Crippen LogP contribution >= 0.6 is 0 Å². The molecule has 0 saturated heterocycles. The lowest BCUT2D eigenvalue weighted by Crippen LogP contribution is -2.13. The van der Waals surface area contributed by atoms with E-state index >= 15 is 0 Å². The van der Waals surface area contributed by atoms with Gasteiger partial charge in [-0.1, -0.05) is 44.9 Å².